The molecule has 1 N–H and O–H groups in total. The number of nitrogens with one attached hydrogen (secondary N) is 1. The second-order valence-corrected chi connectivity index (χ2v) is 8.93. The van der Waals surface area contributed by atoms with Gasteiger partial charge in [-0.15, -0.1) is 0 Å². The van der Waals surface area contributed by atoms with Crippen LogP contribution in [-0.2, 0) is 24.3 Å². The van der Waals surface area contributed by atoms with Crippen molar-refractivity contribution in [1.29, 1.82) is 0 Å². The molecule has 1 aromatic heterocycles. The van der Waals surface area contributed by atoms with Crippen LogP contribution in [0.4, 0.5) is 0 Å². The van der Waals surface area contributed by atoms with E-state index in [1.807, 2.05) is 14.1 Å². The van der Waals surface area contributed by atoms with Crippen molar-refractivity contribution in [1.82, 2.24) is 24.9 Å². The number of likely N-dealkylation sites (tertiary alicyclic amines) is 1. The van der Waals surface area contributed by atoms with Crippen molar-refractivity contribution in [3.63, 3.8) is 0 Å². The Bertz CT molecular complexity index is 689. The number of carbonyl (C=O) groups is 1. The van der Waals surface area contributed by atoms with Gasteiger partial charge in [-0.05, 0) is 65.0 Å². The molecule has 0 aromatic carbocycles. The normalized spacial score (nSPS) is 27.9. The van der Waals surface area contributed by atoms with Gasteiger partial charge in [0.2, 0.25) is 5.91 Å². The smallest absolute Gasteiger partial charge is 0.222 e. The van der Waals surface area contributed by atoms with Crippen molar-refractivity contribution in [2.45, 2.75) is 75.9 Å². The van der Waals surface area contributed by atoms with Crippen molar-refractivity contribution in [3.8, 4) is 0 Å². The number of hydrogen-bond acceptors (Lipinski definition) is 4. The van der Waals surface area contributed by atoms with E-state index in [0.29, 0.717) is 11.8 Å². The molecule has 3 heterocycles. The molecule has 6 nitrogen and oxygen atoms in total. The molecule has 0 radical (unpaired) electrons. The van der Waals surface area contributed by atoms with E-state index in [1.165, 1.54) is 37.1 Å². The van der Waals surface area contributed by atoms with E-state index in [0.717, 1.165) is 51.9 Å². The van der Waals surface area contributed by atoms with Crippen molar-refractivity contribution in [2.24, 2.45) is 0 Å². The monoisotopic (exact) mass is 373 g/mol. The van der Waals surface area contributed by atoms with Crippen LogP contribution in [0.15, 0.2) is 0 Å². The van der Waals surface area contributed by atoms with Crippen LogP contribution in [0.5, 0.6) is 0 Å². The van der Waals surface area contributed by atoms with Crippen LogP contribution >= 0.6 is 0 Å². The summed E-state index contributed by atoms with van der Waals surface area (Å²) in [6.45, 7) is 4.07. The first kappa shape index (κ1) is 18.9. The highest BCUT2D eigenvalue weighted by atomic mass is 16.2. The van der Waals surface area contributed by atoms with E-state index in [1.54, 1.807) is 5.56 Å². The molecule has 0 atom stereocenters. The van der Waals surface area contributed by atoms with Crippen LogP contribution in [0.25, 0.3) is 0 Å². The summed E-state index contributed by atoms with van der Waals surface area (Å²) in [6, 6.07) is 0. The van der Waals surface area contributed by atoms with Gasteiger partial charge < -0.3 is 10.2 Å². The molecule has 0 bridgehead atoms. The van der Waals surface area contributed by atoms with Gasteiger partial charge in [-0.3, -0.25) is 14.4 Å². The lowest BCUT2D eigenvalue weighted by Crippen LogP contribution is -2.45. The Hall–Kier alpha value is -1.40. The van der Waals surface area contributed by atoms with E-state index >= 15 is 0 Å². The second kappa shape index (κ2) is 7.55. The minimum Gasteiger partial charge on any atom is -0.340 e. The first-order valence-electron chi connectivity index (χ1n) is 10.7. The lowest BCUT2D eigenvalue weighted by atomic mass is 9.72. The van der Waals surface area contributed by atoms with Crippen LogP contribution in [0.3, 0.4) is 0 Å². The predicted molar refractivity (Wildman–Crippen MR) is 107 cm³/mol. The minimum absolute atomic E-state index is 0.146. The summed E-state index contributed by atoms with van der Waals surface area (Å²) in [5.41, 5.74) is 4.52. The van der Waals surface area contributed by atoms with Gasteiger partial charge in [0, 0.05) is 56.4 Å². The predicted octanol–water partition coefficient (Wildman–Crippen LogP) is 2.13. The number of aromatic nitrogens is 2. The molecule has 1 spiro atoms. The zero-order chi connectivity index (χ0) is 19.0. The summed E-state index contributed by atoms with van der Waals surface area (Å²) >= 11 is 0. The van der Waals surface area contributed by atoms with E-state index in [-0.39, 0.29) is 5.54 Å². The molecule has 1 saturated carbocycles. The molecular formula is C21H35N5O. The quantitative estimate of drug-likeness (QED) is 0.830. The third-order valence-electron chi connectivity index (χ3n) is 7.34. The van der Waals surface area contributed by atoms with Crippen LogP contribution in [0, 0.1) is 0 Å². The molecule has 150 valence electrons. The molecule has 2 fully saturated rings. The van der Waals surface area contributed by atoms with Crippen molar-refractivity contribution in [3.05, 3.63) is 17.0 Å². The number of nitrogens with zero attached hydrogens (tertiary/aromatic N) is 4. The molecule has 27 heavy (non-hydrogen) atoms. The molecule has 6 heteroatoms. The molecule has 3 aliphatic rings. The molecule has 0 unspecified atom stereocenters. The summed E-state index contributed by atoms with van der Waals surface area (Å²) in [4.78, 5) is 16.5. The fraction of sp³-hybridized carbons (Fsp3) is 0.810. The Morgan fingerprint density at radius 3 is 2.70 bits per heavy atom. The highest BCUT2D eigenvalue weighted by Gasteiger charge is 2.46. The van der Waals surface area contributed by atoms with Gasteiger partial charge in [0.1, 0.15) is 0 Å². The summed E-state index contributed by atoms with van der Waals surface area (Å²) in [7, 11) is 6.23. The van der Waals surface area contributed by atoms with Crippen molar-refractivity contribution in [2.75, 3.05) is 34.2 Å². The van der Waals surface area contributed by atoms with Gasteiger partial charge in [0.05, 0.1) is 5.69 Å². The molecule has 1 aromatic rings. The van der Waals surface area contributed by atoms with E-state index in [4.69, 9.17) is 5.10 Å². The topological polar surface area (TPSA) is 53.4 Å². The van der Waals surface area contributed by atoms with Gasteiger partial charge in [-0.1, -0.05) is 0 Å². The van der Waals surface area contributed by atoms with Crippen molar-refractivity contribution >= 4 is 5.91 Å². The Morgan fingerprint density at radius 1 is 1.26 bits per heavy atom. The lowest BCUT2D eigenvalue weighted by molar-refractivity contribution is -0.130. The highest BCUT2D eigenvalue weighted by molar-refractivity contribution is 5.79. The lowest BCUT2D eigenvalue weighted by Gasteiger charge is -2.42. The summed E-state index contributed by atoms with van der Waals surface area (Å²) < 4.78 is 2.28. The van der Waals surface area contributed by atoms with Gasteiger partial charge in [0.15, 0.2) is 0 Å². The van der Waals surface area contributed by atoms with Crippen LogP contribution < -0.4 is 5.32 Å². The molecule has 4 rings (SSSR count). The highest BCUT2D eigenvalue weighted by Crippen LogP contribution is 2.47. The minimum atomic E-state index is 0.146. The molecule has 1 amide bonds. The number of aryl methyl sites for hydroxylation is 1. The molecular weight excluding hydrogens is 338 g/mol. The number of likely N-dealkylation sites (N-methyl/N-ethyl adjacent to an activating group) is 2. The average molecular weight is 374 g/mol. The summed E-state index contributed by atoms with van der Waals surface area (Å²) in [6.07, 6.45) is 8.92. The Balaban J connectivity index is 1.51. The molecule has 1 saturated heterocycles. The van der Waals surface area contributed by atoms with Gasteiger partial charge in [-0.2, -0.15) is 5.10 Å². The van der Waals surface area contributed by atoms with Gasteiger partial charge in [0.25, 0.3) is 0 Å². The zero-order valence-electron chi connectivity index (χ0n) is 17.3. The largest absolute Gasteiger partial charge is 0.340 e. The van der Waals surface area contributed by atoms with Crippen LogP contribution in [0.2, 0.25) is 0 Å². The summed E-state index contributed by atoms with van der Waals surface area (Å²) in [5.74, 6) is 0.959. The first-order valence-corrected chi connectivity index (χ1v) is 10.7. The standard InChI is InChI=1S/C21H35N5O/c1-22-12-14-24(2)15-17-20(18-5-4-13-26(18)23-17)16-6-9-21(10-7-16)11-8-19(27)25(21)3/h16,22H,4-15H2,1-3H3. The second-order valence-electron chi connectivity index (χ2n) is 8.93. The number of hydrogen-bond donors (Lipinski definition) is 1. The number of carbonyl (C=O) groups excluding carboxylic acids is 1. The average Bonchev–Trinajstić information content (AvgIpc) is 3.32. The van der Waals surface area contributed by atoms with Crippen molar-refractivity contribution < 1.29 is 4.79 Å². The fourth-order valence-corrected chi connectivity index (χ4v) is 5.60. The molecule has 2 aliphatic heterocycles. The maximum absolute atomic E-state index is 12.1. The Morgan fingerprint density at radius 2 is 2.04 bits per heavy atom. The first-order chi connectivity index (χ1) is 13.0. The van der Waals surface area contributed by atoms with E-state index in [9.17, 15) is 4.79 Å². The maximum Gasteiger partial charge on any atom is 0.222 e. The van der Waals surface area contributed by atoms with E-state index < -0.39 is 0 Å². The Labute approximate surface area is 163 Å². The maximum atomic E-state index is 12.1. The summed E-state index contributed by atoms with van der Waals surface area (Å²) in [5, 5.41) is 8.26. The Kier molecular flexibility index (Phi) is 5.30. The fourth-order valence-electron chi connectivity index (χ4n) is 5.60. The van der Waals surface area contributed by atoms with Crippen LogP contribution in [-0.4, -0.2) is 65.3 Å². The zero-order valence-corrected chi connectivity index (χ0v) is 17.3. The van der Waals surface area contributed by atoms with Gasteiger partial charge >= 0.3 is 0 Å². The third-order valence-corrected chi connectivity index (χ3v) is 7.34. The number of rotatable bonds is 6. The number of amides is 1. The third kappa shape index (κ3) is 3.42. The van der Waals surface area contributed by atoms with Gasteiger partial charge in [-0.25, -0.2) is 0 Å². The molecule has 1 aliphatic carbocycles. The SMILES string of the molecule is CNCCN(C)Cc1nn2c(c1C1CCC3(CCC(=O)N3C)CC1)CCC2. The van der Waals surface area contributed by atoms with Crippen LogP contribution in [0.1, 0.15) is 67.8 Å². The number of fused-ring (bicyclic) bond motifs is 1. The van der Waals surface area contributed by atoms with E-state index in [2.05, 4.69) is 26.8 Å².